The number of esters is 1. The molecule has 1 aromatic carbocycles. The van der Waals surface area contributed by atoms with E-state index >= 15 is 0 Å². The molecule has 1 atom stereocenters. The van der Waals surface area contributed by atoms with Gasteiger partial charge in [-0.25, -0.2) is 22.0 Å². The zero-order valence-corrected chi connectivity index (χ0v) is 16.2. The highest BCUT2D eigenvalue weighted by atomic mass is 32.2. The van der Waals surface area contributed by atoms with E-state index in [9.17, 15) is 26.8 Å². The Morgan fingerprint density at radius 3 is 2.50 bits per heavy atom. The summed E-state index contributed by atoms with van der Waals surface area (Å²) >= 11 is 0. The molecule has 6 nitrogen and oxygen atoms in total. The lowest BCUT2D eigenvalue weighted by molar-refractivity contribution is 0.0469. The molecule has 1 fully saturated rings. The average molecular weight is 411 g/mol. The lowest BCUT2D eigenvalue weighted by Crippen LogP contribution is -2.17. The molecule has 0 unspecified atom stereocenters. The molecular formula is C19H19F2NO5S. The van der Waals surface area contributed by atoms with Crippen LogP contribution in [0.2, 0.25) is 0 Å². The molecule has 0 aliphatic carbocycles. The summed E-state index contributed by atoms with van der Waals surface area (Å²) < 4.78 is 56.7. The standard InChI is InChI=1S/C19H19F2NO5S/c1-11-7-16(12(2)22(11)14-5-6-28(25,26)10-14)18(23)9-27-19(24)15-4-3-13(20)8-17(15)21/h3-4,7-8,14H,5-6,9-10H2,1-2H3/t14-/m1/s1. The van der Waals surface area contributed by atoms with Gasteiger partial charge >= 0.3 is 5.97 Å². The number of halogens is 2. The number of aromatic nitrogens is 1. The highest BCUT2D eigenvalue weighted by Crippen LogP contribution is 2.29. The fraction of sp³-hybridized carbons (Fsp3) is 0.368. The van der Waals surface area contributed by atoms with Crippen molar-refractivity contribution in [2.45, 2.75) is 26.3 Å². The second kappa shape index (κ2) is 7.46. The van der Waals surface area contributed by atoms with E-state index in [0.29, 0.717) is 23.7 Å². The Balaban J connectivity index is 1.73. The lowest BCUT2D eigenvalue weighted by Gasteiger charge is -2.16. The number of sulfone groups is 1. The second-order valence-electron chi connectivity index (χ2n) is 6.84. The number of hydrogen-bond donors (Lipinski definition) is 0. The van der Waals surface area contributed by atoms with Gasteiger partial charge in [0.05, 0.1) is 17.1 Å². The zero-order chi connectivity index (χ0) is 20.6. The van der Waals surface area contributed by atoms with Crippen molar-refractivity contribution in [1.82, 2.24) is 4.57 Å². The molecule has 1 aliphatic rings. The number of ketones is 1. The van der Waals surface area contributed by atoms with Gasteiger partial charge in [0, 0.05) is 29.1 Å². The minimum atomic E-state index is -3.08. The van der Waals surface area contributed by atoms with Crippen LogP contribution in [0.25, 0.3) is 0 Å². The molecule has 0 spiro atoms. The normalized spacial score (nSPS) is 18.2. The Kier molecular flexibility index (Phi) is 5.38. The van der Waals surface area contributed by atoms with E-state index in [0.717, 1.165) is 17.8 Å². The van der Waals surface area contributed by atoms with Crippen molar-refractivity contribution in [2.75, 3.05) is 18.1 Å². The van der Waals surface area contributed by atoms with Crippen LogP contribution in [0, 0.1) is 25.5 Å². The highest BCUT2D eigenvalue weighted by Gasteiger charge is 2.31. The lowest BCUT2D eigenvalue weighted by atomic mass is 10.1. The maximum absolute atomic E-state index is 13.6. The third kappa shape index (κ3) is 3.99. The van der Waals surface area contributed by atoms with Crippen molar-refractivity contribution < 1.29 is 31.5 Å². The Hall–Kier alpha value is -2.55. The van der Waals surface area contributed by atoms with Crippen LogP contribution in [0.15, 0.2) is 24.3 Å². The third-order valence-corrected chi connectivity index (χ3v) is 6.59. The summed E-state index contributed by atoms with van der Waals surface area (Å²) in [6.07, 6.45) is 0.477. The first kappa shape index (κ1) is 20.2. The van der Waals surface area contributed by atoms with Gasteiger partial charge in [-0.05, 0) is 38.5 Å². The van der Waals surface area contributed by atoms with Gasteiger partial charge < -0.3 is 9.30 Å². The van der Waals surface area contributed by atoms with Gasteiger partial charge in [0.2, 0.25) is 5.78 Å². The monoisotopic (exact) mass is 411 g/mol. The Morgan fingerprint density at radius 2 is 1.89 bits per heavy atom. The first-order valence-corrected chi connectivity index (χ1v) is 10.5. The molecule has 1 aliphatic heterocycles. The van der Waals surface area contributed by atoms with Gasteiger partial charge in [-0.2, -0.15) is 0 Å². The second-order valence-corrected chi connectivity index (χ2v) is 9.06. The van der Waals surface area contributed by atoms with Crippen LogP contribution >= 0.6 is 0 Å². The summed E-state index contributed by atoms with van der Waals surface area (Å²) in [5.74, 6) is -3.32. The largest absolute Gasteiger partial charge is 0.454 e. The van der Waals surface area contributed by atoms with E-state index in [4.69, 9.17) is 4.74 Å². The van der Waals surface area contributed by atoms with E-state index in [1.807, 2.05) is 4.57 Å². The van der Waals surface area contributed by atoms with E-state index in [1.54, 1.807) is 19.9 Å². The molecule has 150 valence electrons. The van der Waals surface area contributed by atoms with Crippen molar-refractivity contribution in [3.63, 3.8) is 0 Å². The van der Waals surface area contributed by atoms with Gasteiger partial charge in [0.1, 0.15) is 11.6 Å². The smallest absolute Gasteiger partial charge is 0.341 e. The SMILES string of the molecule is Cc1cc(C(=O)COC(=O)c2ccc(F)cc2F)c(C)n1[C@@H]1CCS(=O)(=O)C1. The van der Waals surface area contributed by atoms with E-state index in [-0.39, 0.29) is 17.5 Å². The molecule has 2 aromatic rings. The van der Waals surface area contributed by atoms with Gasteiger partial charge in [-0.15, -0.1) is 0 Å². The summed E-state index contributed by atoms with van der Waals surface area (Å²) in [4.78, 5) is 24.4. The van der Waals surface area contributed by atoms with Gasteiger partial charge in [-0.1, -0.05) is 0 Å². The molecule has 0 bridgehead atoms. The van der Waals surface area contributed by atoms with Crippen molar-refractivity contribution >= 4 is 21.6 Å². The summed E-state index contributed by atoms with van der Waals surface area (Å²) in [5.41, 5.74) is 1.18. The number of ether oxygens (including phenoxy) is 1. The molecule has 1 saturated heterocycles. The molecule has 3 rings (SSSR count). The summed E-state index contributed by atoms with van der Waals surface area (Å²) in [6.45, 7) is 2.87. The zero-order valence-electron chi connectivity index (χ0n) is 15.4. The van der Waals surface area contributed by atoms with Crippen LogP contribution in [0.3, 0.4) is 0 Å². The number of benzene rings is 1. The number of aryl methyl sites for hydroxylation is 1. The van der Waals surface area contributed by atoms with Crippen molar-refractivity contribution in [3.8, 4) is 0 Å². The van der Waals surface area contributed by atoms with Crippen LogP contribution in [-0.2, 0) is 14.6 Å². The third-order valence-electron chi connectivity index (χ3n) is 4.84. The van der Waals surface area contributed by atoms with Crippen LogP contribution < -0.4 is 0 Å². The Labute approximate surface area is 161 Å². The molecule has 0 N–H and O–H groups in total. The maximum Gasteiger partial charge on any atom is 0.341 e. The molecular weight excluding hydrogens is 392 g/mol. The minimum Gasteiger partial charge on any atom is -0.454 e. The summed E-state index contributed by atoms with van der Waals surface area (Å²) in [7, 11) is -3.08. The predicted molar refractivity (Wildman–Crippen MR) is 97.2 cm³/mol. The van der Waals surface area contributed by atoms with Crippen LogP contribution in [-0.4, -0.2) is 42.9 Å². The van der Waals surface area contributed by atoms with E-state index in [2.05, 4.69) is 0 Å². The minimum absolute atomic E-state index is 0.0236. The first-order valence-electron chi connectivity index (χ1n) is 8.63. The topological polar surface area (TPSA) is 82.4 Å². The number of Topliss-reactive ketones (excluding diaryl/α,β-unsaturated/α-hetero) is 1. The molecule has 2 heterocycles. The molecule has 0 radical (unpaired) electrons. The molecule has 1 aromatic heterocycles. The molecule has 9 heteroatoms. The van der Waals surface area contributed by atoms with Crippen molar-refractivity contribution in [1.29, 1.82) is 0 Å². The van der Waals surface area contributed by atoms with Crippen LogP contribution in [0.4, 0.5) is 8.78 Å². The quantitative estimate of drug-likeness (QED) is 0.558. The molecule has 0 saturated carbocycles. The van der Waals surface area contributed by atoms with Crippen LogP contribution in [0.1, 0.15) is 44.6 Å². The highest BCUT2D eigenvalue weighted by molar-refractivity contribution is 7.91. The van der Waals surface area contributed by atoms with Crippen molar-refractivity contribution in [3.05, 3.63) is 58.4 Å². The summed E-state index contributed by atoms with van der Waals surface area (Å²) in [6, 6.07) is 3.81. The fourth-order valence-corrected chi connectivity index (χ4v) is 5.24. The van der Waals surface area contributed by atoms with E-state index < -0.39 is 45.4 Å². The van der Waals surface area contributed by atoms with Gasteiger partial charge in [-0.3, -0.25) is 4.79 Å². The number of carbonyl (C=O) groups is 2. The number of rotatable bonds is 5. The van der Waals surface area contributed by atoms with Gasteiger partial charge in [0.15, 0.2) is 16.4 Å². The molecule has 28 heavy (non-hydrogen) atoms. The first-order chi connectivity index (χ1) is 13.1. The van der Waals surface area contributed by atoms with Crippen LogP contribution in [0.5, 0.6) is 0 Å². The number of nitrogens with zero attached hydrogens (tertiary/aromatic N) is 1. The number of hydrogen-bond acceptors (Lipinski definition) is 5. The fourth-order valence-electron chi connectivity index (χ4n) is 3.54. The Bertz CT molecular complexity index is 1060. The van der Waals surface area contributed by atoms with E-state index in [1.165, 1.54) is 0 Å². The maximum atomic E-state index is 13.6. The average Bonchev–Trinajstić information content (AvgIpc) is 3.10. The molecule has 0 amide bonds. The predicted octanol–water partition coefficient (Wildman–Crippen LogP) is 2.78. The summed E-state index contributed by atoms with van der Waals surface area (Å²) in [5, 5.41) is 0. The number of carbonyl (C=O) groups excluding carboxylic acids is 2. The van der Waals surface area contributed by atoms with Gasteiger partial charge in [0.25, 0.3) is 0 Å². The Morgan fingerprint density at radius 1 is 1.18 bits per heavy atom. The van der Waals surface area contributed by atoms with Crippen molar-refractivity contribution in [2.24, 2.45) is 0 Å².